The van der Waals surface area contributed by atoms with Crippen LogP contribution in [0.2, 0.25) is 10.0 Å². The van der Waals surface area contributed by atoms with Crippen molar-refractivity contribution in [2.24, 2.45) is 0 Å². The molecule has 35 heavy (non-hydrogen) atoms. The fraction of sp³-hybridized carbons (Fsp3) is 0.440. The maximum Gasteiger partial charge on any atom is 0.244 e. The molecule has 0 bridgehead atoms. The number of nitrogens with zero attached hydrogens (tertiary/aromatic N) is 2. The summed E-state index contributed by atoms with van der Waals surface area (Å²) in [6.45, 7) is 8.68. The molecule has 2 rings (SSSR count). The summed E-state index contributed by atoms with van der Waals surface area (Å²) >= 11 is 12.2. The Morgan fingerprint density at radius 2 is 1.69 bits per heavy atom. The number of carbonyl (C=O) groups excluding carboxylic acids is 2. The van der Waals surface area contributed by atoms with E-state index in [1.54, 1.807) is 38.1 Å². The van der Waals surface area contributed by atoms with E-state index in [0.717, 1.165) is 22.5 Å². The first-order chi connectivity index (χ1) is 16.2. The summed E-state index contributed by atoms with van der Waals surface area (Å²) in [6.07, 6.45) is 1.79. The van der Waals surface area contributed by atoms with Gasteiger partial charge in [0.15, 0.2) is 0 Å². The lowest BCUT2D eigenvalue weighted by Crippen LogP contribution is -2.52. The van der Waals surface area contributed by atoms with Gasteiger partial charge in [0.05, 0.1) is 22.0 Å². The number of carbonyl (C=O) groups is 2. The molecule has 2 aromatic carbocycles. The van der Waals surface area contributed by atoms with Crippen molar-refractivity contribution in [3.8, 4) is 0 Å². The Labute approximate surface area is 218 Å². The van der Waals surface area contributed by atoms with Gasteiger partial charge in [0, 0.05) is 12.6 Å². The molecule has 1 N–H and O–H groups in total. The number of hydrogen-bond acceptors (Lipinski definition) is 4. The van der Waals surface area contributed by atoms with Crippen molar-refractivity contribution < 1.29 is 18.0 Å². The third-order valence-electron chi connectivity index (χ3n) is 5.82. The molecule has 192 valence electrons. The average molecular weight is 543 g/mol. The Morgan fingerprint density at radius 3 is 2.26 bits per heavy atom. The minimum atomic E-state index is -3.79. The number of nitrogens with one attached hydrogen (secondary N) is 1. The van der Waals surface area contributed by atoms with Crippen LogP contribution in [0.4, 0.5) is 5.69 Å². The second-order valence-electron chi connectivity index (χ2n) is 8.82. The van der Waals surface area contributed by atoms with Crippen LogP contribution in [-0.4, -0.2) is 50.0 Å². The van der Waals surface area contributed by atoms with Crippen molar-refractivity contribution in [2.75, 3.05) is 17.1 Å². The maximum absolute atomic E-state index is 13.6. The topological polar surface area (TPSA) is 86.8 Å². The van der Waals surface area contributed by atoms with E-state index in [4.69, 9.17) is 23.2 Å². The highest BCUT2D eigenvalue weighted by molar-refractivity contribution is 7.92. The van der Waals surface area contributed by atoms with Gasteiger partial charge in [-0.25, -0.2) is 8.42 Å². The van der Waals surface area contributed by atoms with Crippen LogP contribution < -0.4 is 9.62 Å². The SMILES string of the molecule is CC[C@@H](C)NC(=O)[C@@H](C)N(Cc1ccc(Cl)c(Cl)c1)C(=O)CN(c1cc(C)ccc1C)S(C)(=O)=O. The van der Waals surface area contributed by atoms with Gasteiger partial charge in [0.1, 0.15) is 12.6 Å². The van der Waals surface area contributed by atoms with E-state index in [1.165, 1.54) is 4.90 Å². The van der Waals surface area contributed by atoms with Crippen LogP contribution in [0.25, 0.3) is 0 Å². The van der Waals surface area contributed by atoms with Crippen LogP contribution in [0, 0.1) is 13.8 Å². The summed E-state index contributed by atoms with van der Waals surface area (Å²) in [7, 11) is -3.79. The summed E-state index contributed by atoms with van der Waals surface area (Å²) in [5.41, 5.74) is 2.66. The van der Waals surface area contributed by atoms with Crippen LogP contribution in [0.1, 0.15) is 43.9 Å². The average Bonchev–Trinajstić information content (AvgIpc) is 2.78. The molecule has 0 saturated carbocycles. The van der Waals surface area contributed by atoms with Gasteiger partial charge in [-0.05, 0) is 69.0 Å². The Bertz CT molecular complexity index is 1190. The smallest absolute Gasteiger partial charge is 0.244 e. The fourth-order valence-corrected chi connectivity index (χ4v) is 4.69. The predicted octanol–water partition coefficient (Wildman–Crippen LogP) is 4.71. The number of anilines is 1. The number of aryl methyl sites for hydroxylation is 2. The van der Waals surface area contributed by atoms with Crippen molar-refractivity contribution in [3.05, 3.63) is 63.1 Å². The van der Waals surface area contributed by atoms with Crippen molar-refractivity contribution >= 4 is 50.7 Å². The first-order valence-corrected chi connectivity index (χ1v) is 13.9. The number of sulfonamides is 1. The number of amides is 2. The molecule has 2 aromatic rings. The van der Waals surface area contributed by atoms with Gasteiger partial charge in [-0.1, -0.05) is 48.3 Å². The van der Waals surface area contributed by atoms with E-state index in [1.807, 2.05) is 32.9 Å². The molecule has 7 nitrogen and oxygen atoms in total. The lowest BCUT2D eigenvalue weighted by atomic mass is 10.1. The Balaban J connectivity index is 2.45. The van der Waals surface area contributed by atoms with E-state index in [-0.39, 0.29) is 18.5 Å². The van der Waals surface area contributed by atoms with E-state index < -0.39 is 28.5 Å². The molecule has 2 amide bonds. The van der Waals surface area contributed by atoms with E-state index in [0.29, 0.717) is 26.9 Å². The molecule has 0 saturated heterocycles. The molecule has 0 heterocycles. The second-order valence-corrected chi connectivity index (χ2v) is 11.5. The quantitative estimate of drug-likeness (QED) is 0.471. The highest BCUT2D eigenvalue weighted by atomic mass is 35.5. The van der Waals surface area contributed by atoms with Crippen molar-refractivity contribution in [1.29, 1.82) is 0 Å². The zero-order valence-electron chi connectivity index (χ0n) is 20.9. The highest BCUT2D eigenvalue weighted by Crippen LogP contribution is 2.26. The molecule has 10 heteroatoms. The van der Waals surface area contributed by atoms with Gasteiger partial charge >= 0.3 is 0 Å². The highest BCUT2D eigenvalue weighted by Gasteiger charge is 2.31. The summed E-state index contributed by atoms with van der Waals surface area (Å²) in [4.78, 5) is 27.9. The summed E-state index contributed by atoms with van der Waals surface area (Å²) in [5, 5.41) is 3.58. The second kappa shape index (κ2) is 12.1. The first-order valence-electron chi connectivity index (χ1n) is 11.3. The lowest BCUT2D eigenvalue weighted by molar-refractivity contribution is -0.139. The van der Waals surface area contributed by atoms with Crippen molar-refractivity contribution in [3.63, 3.8) is 0 Å². The summed E-state index contributed by atoms with van der Waals surface area (Å²) < 4.78 is 26.5. The zero-order valence-corrected chi connectivity index (χ0v) is 23.3. The molecule has 0 aromatic heterocycles. The van der Waals surface area contributed by atoms with Crippen LogP contribution in [0.5, 0.6) is 0 Å². The molecule has 0 aliphatic heterocycles. The maximum atomic E-state index is 13.6. The van der Waals surface area contributed by atoms with Crippen LogP contribution in [-0.2, 0) is 26.2 Å². The molecular formula is C25H33Cl2N3O4S. The molecular weight excluding hydrogens is 509 g/mol. The number of rotatable bonds is 10. The van der Waals surface area contributed by atoms with Crippen LogP contribution in [0.3, 0.4) is 0 Å². The Kier molecular flexibility index (Phi) is 10.0. The molecule has 0 aliphatic carbocycles. The van der Waals surface area contributed by atoms with Crippen LogP contribution >= 0.6 is 23.2 Å². The van der Waals surface area contributed by atoms with Gasteiger partial charge < -0.3 is 10.2 Å². The summed E-state index contributed by atoms with van der Waals surface area (Å²) in [5.74, 6) is -0.848. The zero-order chi connectivity index (χ0) is 26.5. The predicted molar refractivity (Wildman–Crippen MR) is 142 cm³/mol. The largest absolute Gasteiger partial charge is 0.352 e. The molecule has 0 unspecified atom stereocenters. The number of benzene rings is 2. The molecule has 0 radical (unpaired) electrons. The van der Waals surface area contributed by atoms with Gasteiger partial charge in [-0.3, -0.25) is 13.9 Å². The third kappa shape index (κ3) is 7.85. The molecule has 2 atom stereocenters. The van der Waals surface area contributed by atoms with Crippen molar-refractivity contribution in [2.45, 2.75) is 59.7 Å². The minimum absolute atomic E-state index is 0.0508. The summed E-state index contributed by atoms with van der Waals surface area (Å²) in [6, 6.07) is 9.44. The van der Waals surface area contributed by atoms with E-state index in [2.05, 4.69) is 5.32 Å². The van der Waals surface area contributed by atoms with Crippen LogP contribution in [0.15, 0.2) is 36.4 Å². The lowest BCUT2D eigenvalue weighted by Gasteiger charge is -2.32. The van der Waals surface area contributed by atoms with Gasteiger partial charge in [-0.2, -0.15) is 0 Å². The van der Waals surface area contributed by atoms with Gasteiger partial charge in [0.25, 0.3) is 0 Å². The molecule has 0 spiro atoms. The Morgan fingerprint density at radius 1 is 1.03 bits per heavy atom. The molecule has 0 fully saturated rings. The fourth-order valence-electron chi connectivity index (χ4n) is 3.47. The number of hydrogen-bond donors (Lipinski definition) is 1. The molecule has 0 aliphatic rings. The van der Waals surface area contributed by atoms with Crippen molar-refractivity contribution in [1.82, 2.24) is 10.2 Å². The standard InChI is InChI=1S/C25H33Cl2N3O4S/c1-7-18(4)28-25(32)19(5)29(14-20-10-11-21(26)22(27)13-20)24(31)15-30(35(6,33)34)23-12-16(2)8-9-17(23)3/h8-13,18-19H,7,14-15H2,1-6H3,(H,28,32)/t18-,19-/m1/s1. The third-order valence-corrected chi connectivity index (χ3v) is 7.68. The monoisotopic (exact) mass is 541 g/mol. The minimum Gasteiger partial charge on any atom is -0.352 e. The van der Waals surface area contributed by atoms with E-state index in [9.17, 15) is 18.0 Å². The van der Waals surface area contributed by atoms with E-state index >= 15 is 0 Å². The number of halogens is 2. The van der Waals surface area contributed by atoms with Gasteiger partial charge in [-0.15, -0.1) is 0 Å². The Hall–Kier alpha value is -2.29. The normalized spacial score (nSPS) is 13.1. The first kappa shape index (κ1) is 28.9. The van der Waals surface area contributed by atoms with Gasteiger partial charge in [0.2, 0.25) is 21.8 Å².